The van der Waals surface area contributed by atoms with Gasteiger partial charge in [-0.1, -0.05) is 63.6 Å². The Hall–Kier alpha value is -2.81. The average Bonchev–Trinajstić information content (AvgIpc) is 3.27. The maximum atomic E-state index is 13.9. The van der Waals surface area contributed by atoms with Gasteiger partial charge in [0.15, 0.2) is 0 Å². The van der Waals surface area contributed by atoms with Crippen LogP contribution in [0.1, 0.15) is 28.8 Å². The van der Waals surface area contributed by atoms with Crippen molar-refractivity contribution >= 4 is 50.9 Å². The van der Waals surface area contributed by atoms with Crippen molar-refractivity contribution < 1.29 is 9.13 Å². The molecule has 5 nitrogen and oxygen atoms in total. The lowest BCUT2D eigenvalue weighted by atomic mass is 9.84. The molecule has 2 aliphatic heterocycles. The highest BCUT2D eigenvalue weighted by molar-refractivity contribution is 9.10. The monoisotopic (exact) mass is 554 g/mol. The Morgan fingerprint density at radius 2 is 1.79 bits per heavy atom. The molecule has 2 atom stereocenters. The summed E-state index contributed by atoms with van der Waals surface area (Å²) < 4.78 is 23.3. The van der Waals surface area contributed by atoms with E-state index in [0.717, 1.165) is 38.2 Å². The van der Waals surface area contributed by atoms with Gasteiger partial charge in [-0.15, -0.1) is 5.10 Å². The maximum Gasteiger partial charge on any atom is 0.227 e. The highest BCUT2D eigenvalue weighted by Crippen LogP contribution is 2.51. The molecule has 0 spiro atoms. The van der Waals surface area contributed by atoms with Gasteiger partial charge in [0, 0.05) is 20.6 Å². The second-order valence-electron chi connectivity index (χ2n) is 7.97. The van der Waals surface area contributed by atoms with Crippen LogP contribution in [0.4, 0.5) is 10.3 Å². The lowest BCUT2D eigenvalue weighted by molar-refractivity contribution is 0.223. The number of halogens is 3. The van der Waals surface area contributed by atoms with E-state index >= 15 is 0 Å². The molecule has 1 aromatic heterocycles. The minimum absolute atomic E-state index is 0.294. The zero-order valence-corrected chi connectivity index (χ0v) is 21.0. The number of anilines is 1. The van der Waals surface area contributed by atoms with Crippen LogP contribution in [0.15, 0.2) is 81.9 Å². The predicted molar refractivity (Wildman–Crippen MR) is 136 cm³/mol. The van der Waals surface area contributed by atoms with Gasteiger partial charge in [0.25, 0.3) is 0 Å². The van der Waals surface area contributed by atoms with Crippen LogP contribution in [0.5, 0.6) is 5.75 Å². The topological polar surface area (TPSA) is 52.0 Å². The largest absolute Gasteiger partial charge is 0.480 e. The lowest BCUT2D eigenvalue weighted by Crippen LogP contribution is -2.32. The number of nitrogens with zero attached hydrogens (tertiary/aromatic N) is 3. The molecule has 34 heavy (non-hydrogen) atoms. The van der Waals surface area contributed by atoms with Gasteiger partial charge in [-0.25, -0.2) is 9.07 Å². The summed E-state index contributed by atoms with van der Waals surface area (Å²) in [6.45, 7) is 0. The Morgan fingerprint density at radius 3 is 2.53 bits per heavy atom. The molecule has 0 saturated heterocycles. The molecule has 0 amide bonds. The van der Waals surface area contributed by atoms with E-state index < -0.39 is 6.10 Å². The van der Waals surface area contributed by atoms with Crippen LogP contribution in [0.2, 0.25) is 5.02 Å². The van der Waals surface area contributed by atoms with E-state index in [9.17, 15) is 4.39 Å². The Kier molecular flexibility index (Phi) is 5.39. The number of ether oxygens (including phenoxy) is 1. The summed E-state index contributed by atoms with van der Waals surface area (Å²) in [7, 11) is 0. The van der Waals surface area contributed by atoms with E-state index in [1.54, 1.807) is 12.1 Å². The second-order valence-corrected chi connectivity index (χ2v) is 10.1. The molecular formula is C25H17BrClFN4OS. The van der Waals surface area contributed by atoms with Crippen LogP contribution in [0.25, 0.3) is 5.70 Å². The summed E-state index contributed by atoms with van der Waals surface area (Å²) in [5.74, 6) is 1.04. The van der Waals surface area contributed by atoms with Crippen molar-refractivity contribution in [3.05, 3.63) is 104 Å². The first kappa shape index (κ1) is 21.7. The number of aromatic nitrogens is 3. The summed E-state index contributed by atoms with van der Waals surface area (Å²) in [6, 6.07) is 19.8. The molecule has 3 heterocycles. The Morgan fingerprint density at radius 1 is 1.06 bits per heavy atom. The highest BCUT2D eigenvalue weighted by atomic mass is 79.9. The molecule has 0 saturated carbocycles. The molecule has 170 valence electrons. The molecule has 1 N–H and O–H groups in total. The summed E-state index contributed by atoms with van der Waals surface area (Å²) in [5, 5.41) is 9.48. The van der Waals surface area contributed by atoms with Gasteiger partial charge in [-0.05, 0) is 59.8 Å². The first-order chi connectivity index (χ1) is 16.5. The summed E-state index contributed by atoms with van der Waals surface area (Å²) in [6.07, 6.45) is 1.53. The van der Waals surface area contributed by atoms with Gasteiger partial charge in [0.2, 0.25) is 11.1 Å². The Bertz CT molecular complexity index is 1440. The van der Waals surface area contributed by atoms with Crippen molar-refractivity contribution in [1.29, 1.82) is 0 Å². The second kappa shape index (κ2) is 8.45. The molecule has 0 radical (unpaired) electrons. The van der Waals surface area contributed by atoms with E-state index in [4.69, 9.17) is 21.4 Å². The third-order valence-corrected chi connectivity index (χ3v) is 7.26. The minimum Gasteiger partial charge on any atom is -0.480 e. The van der Waals surface area contributed by atoms with Crippen LogP contribution in [-0.2, 0) is 0 Å². The number of rotatable bonds is 3. The molecule has 2 aliphatic rings. The number of hydrogen-bond donors (Lipinski definition) is 1. The number of benzene rings is 3. The van der Waals surface area contributed by atoms with Crippen molar-refractivity contribution in [3.63, 3.8) is 0 Å². The van der Waals surface area contributed by atoms with Gasteiger partial charge in [-0.2, -0.15) is 4.98 Å². The zero-order valence-electron chi connectivity index (χ0n) is 17.8. The van der Waals surface area contributed by atoms with Crippen molar-refractivity contribution in [2.75, 3.05) is 11.6 Å². The van der Waals surface area contributed by atoms with Crippen LogP contribution < -0.4 is 10.1 Å². The van der Waals surface area contributed by atoms with Crippen LogP contribution in [-0.4, -0.2) is 21.0 Å². The standard InChI is InChI=1S/C25H17BrClFN4OS/c1-34-25-30-24-29-21-18-12-16(27)8-11-19(18)33-23(14-2-6-15(26)7-3-14)20(21)22(32(24)31-25)13-4-9-17(28)10-5-13/h2-12,22-23H,1H3,(H,29,30,31)/t22-,23-/m0/s1. The maximum absolute atomic E-state index is 13.9. The fourth-order valence-corrected chi connectivity index (χ4v) is 5.23. The van der Waals surface area contributed by atoms with Gasteiger partial charge in [-0.3, -0.25) is 0 Å². The quantitative estimate of drug-likeness (QED) is 0.273. The molecule has 0 bridgehead atoms. The van der Waals surface area contributed by atoms with E-state index in [0.29, 0.717) is 16.1 Å². The predicted octanol–water partition coefficient (Wildman–Crippen LogP) is 7.11. The molecular weight excluding hydrogens is 539 g/mol. The highest BCUT2D eigenvalue weighted by Gasteiger charge is 2.41. The fourth-order valence-electron chi connectivity index (χ4n) is 4.45. The molecule has 3 aromatic carbocycles. The van der Waals surface area contributed by atoms with Gasteiger partial charge >= 0.3 is 0 Å². The number of fused-ring (bicyclic) bond motifs is 3. The third kappa shape index (κ3) is 3.61. The lowest BCUT2D eigenvalue weighted by Gasteiger charge is -2.39. The minimum atomic E-state index is -0.408. The summed E-state index contributed by atoms with van der Waals surface area (Å²) in [5.41, 5.74) is 4.54. The molecule has 4 aromatic rings. The van der Waals surface area contributed by atoms with E-state index in [-0.39, 0.29) is 11.9 Å². The zero-order chi connectivity index (χ0) is 23.4. The first-order valence-electron chi connectivity index (χ1n) is 10.5. The Labute approximate surface area is 213 Å². The normalized spacial score (nSPS) is 18.5. The van der Waals surface area contributed by atoms with Crippen molar-refractivity contribution in [1.82, 2.24) is 14.8 Å². The SMILES string of the molecule is CSc1nc2n(n1)[C@@H](c1ccc(F)cc1)C1=C(N2)c2cc(Cl)ccc2O[C@H]1c1ccc(Br)cc1. The molecule has 0 aliphatic carbocycles. The van der Waals surface area contributed by atoms with Crippen molar-refractivity contribution in [2.24, 2.45) is 0 Å². The Balaban J connectivity index is 1.63. The number of nitrogens with one attached hydrogen (secondary N) is 1. The molecule has 6 rings (SSSR count). The first-order valence-corrected chi connectivity index (χ1v) is 12.9. The van der Waals surface area contributed by atoms with Crippen LogP contribution >= 0.6 is 39.3 Å². The summed E-state index contributed by atoms with van der Waals surface area (Å²) >= 11 is 11.4. The fraction of sp³-hybridized carbons (Fsp3) is 0.120. The summed E-state index contributed by atoms with van der Waals surface area (Å²) in [4.78, 5) is 4.67. The molecule has 0 unspecified atom stereocenters. The van der Waals surface area contributed by atoms with Gasteiger partial charge in [0.1, 0.15) is 23.7 Å². The van der Waals surface area contributed by atoms with Crippen LogP contribution in [0.3, 0.4) is 0 Å². The molecule has 0 fully saturated rings. The smallest absolute Gasteiger partial charge is 0.227 e. The van der Waals surface area contributed by atoms with E-state index in [2.05, 4.69) is 26.2 Å². The average molecular weight is 556 g/mol. The van der Waals surface area contributed by atoms with E-state index in [1.165, 1.54) is 23.9 Å². The molecule has 9 heteroatoms. The number of thioether (sulfide) groups is 1. The van der Waals surface area contributed by atoms with Gasteiger partial charge in [0.05, 0.1) is 5.70 Å². The van der Waals surface area contributed by atoms with Crippen molar-refractivity contribution in [3.8, 4) is 5.75 Å². The van der Waals surface area contributed by atoms with E-state index in [1.807, 2.05) is 53.4 Å². The third-order valence-electron chi connectivity index (χ3n) is 5.96. The number of hydrogen-bond acceptors (Lipinski definition) is 5. The van der Waals surface area contributed by atoms with Crippen LogP contribution in [0, 0.1) is 5.82 Å². The van der Waals surface area contributed by atoms with Gasteiger partial charge < -0.3 is 10.1 Å². The van der Waals surface area contributed by atoms with Crippen molar-refractivity contribution in [2.45, 2.75) is 17.3 Å².